The Hall–Kier alpha value is -2.06. The molecular weight excluding hydrogens is 232 g/mol. The van der Waals surface area contributed by atoms with Crippen molar-refractivity contribution in [2.24, 2.45) is 5.73 Å². The largest absolute Gasteiger partial charge is 0.340 e. The van der Waals surface area contributed by atoms with Gasteiger partial charge in [0.2, 0.25) is 0 Å². The molecule has 2 aromatic carbocycles. The van der Waals surface area contributed by atoms with Crippen molar-refractivity contribution in [1.82, 2.24) is 4.57 Å². The quantitative estimate of drug-likeness (QED) is 0.757. The first-order valence-corrected chi connectivity index (χ1v) is 6.69. The first-order valence-electron chi connectivity index (χ1n) is 6.69. The minimum Gasteiger partial charge on any atom is -0.340 e. The van der Waals surface area contributed by atoms with Crippen molar-refractivity contribution in [2.75, 3.05) is 6.54 Å². The van der Waals surface area contributed by atoms with Crippen LogP contribution < -0.4 is 5.73 Å². The highest BCUT2D eigenvalue weighted by molar-refractivity contribution is 5.81. The maximum atomic E-state index is 5.73. The molecule has 0 atom stereocenters. The molecule has 96 valence electrons. The zero-order chi connectivity index (χ0) is 13.1. The fraction of sp³-hybridized carbons (Fsp3) is 0.176. The lowest BCUT2D eigenvalue weighted by Crippen LogP contribution is -2.09. The van der Waals surface area contributed by atoms with Crippen molar-refractivity contribution in [1.29, 1.82) is 0 Å². The summed E-state index contributed by atoms with van der Waals surface area (Å²) in [5, 5.41) is 1.29. The van der Waals surface area contributed by atoms with E-state index in [1.807, 2.05) is 0 Å². The summed E-state index contributed by atoms with van der Waals surface area (Å²) in [7, 11) is 0. The molecule has 0 unspecified atom stereocenters. The summed E-state index contributed by atoms with van der Waals surface area (Å²) in [5.41, 5.74) is 9.65. The van der Waals surface area contributed by atoms with Gasteiger partial charge in [-0.1, -0.05) is 48.5 Å². The maximum Gasteiger partial charge on any atom is 0.0485 e. The van der Waals surface area contributed by atoms with E-state index >= 15 is 0 Å². The minimum atomic E-state index is 0.686. The standard InChI is InChI=1S/C17H18N2/c18-11-10-16-12-15-8-4-5-9-17(15)19(16)13-14-6-2-1-3-7-14/h1-9,12H,10-11,13,18H2. The zero-order valence-electron chi connectivity index (χ0n) is 10.9. The fourth-order valence-corrected chi connectivity index (χ4v) is 2.58. The van der Waals surface area contributed by atoms with Crippen LogP contribution in [0, 0.1) is 0 Å². The van der Waals surface area contributed by atoms with E-state index in [2.05, 4.69) is 65.2 Å². The Morgan fingerprint density at radius 1 is 0.895 bits per heavy atom. The highest BCUT2D eigenvalue weighted by Gasteiger charge is 2.08. The molecule has 0 saturated carbocycles. The second-order valence-corrected chi connectivity index (χ2v) is 4.80. The molecule has 0 bridgehead atoms. The van der Waals surface area contributed by atoms with E-state index < -0.39 is 0 Å². The maximum absolute atomic E-state index is 5.73. The van der Waals surface area contributed by atoms with E-state index in [1.165, 1.54) is 22.2 Å². The molecule has 3 rings (SSSR count). The summed E-state index contributed by atoms with van der Waals surface area (Å²) in [6.07, 6.45) is 0.918. The molecule has 0 fully saturated rings. The zero-order valence-corrected chi connectivity index (χ0v) is 10.9. The van der Waals surface area contributed by atoms with Gasteiger partial charge in [0.05, 0.1) is 0 Å². The van der Waals surface area contributed by atoms with Gasteiger partial charge >= 0.3 is 0 Å². The van der Waals surface area contributed by atoms with Crippen LogP contribution in [0.2, 0.25) is 0 Å². The van der Waals surface area contributed by atoms with E-state index in [9.17, 15) is 0 Å². The van der Waals surface area contributed by atoms with Crippen LogP contribution >= 0.6 is 0 Å². The van der Waals surface area contributed by atoms with Gasteiger partial charge in [0.15, 0.2) is 0 Å². The van der Waals surface area contributed by atoms with E-state index in [-0.39, 0.29) is 0 Å². The predicted molar refractivity (Wildman–Crippen MR) is 80.2 cm³/mol. The van der Waals surface area contributed by atoms with Gasteiger partial charge in [0, 0.05) is 17.8 Å². The third-order valence-electron chi connectivity index (χ3n) is 3.48. The van der Waals surface area contributed by atoms with Crippen LogP contribution in [0.25, 0.3) is 10.9 Å². The normalized spacial score (nSPS) is 11.0. The molecule has 19 heavy (non-hydrogen) atoms. The van der Waals surface area contributed by atoms with Gasteiger partial charge in [0.1, 0.15) is 0 Å². The van der Waals surface area contributed by atoms with Gasteiger partial charge in [-0.15, -0.1) is 0 Å². The van der Waals surface area contributed by atoms with Crippen molar-refractivity contribution < 1.29 is 0 Å². The lowest BCUT2D eigenvalue weighted by Gasteiger charge is -2.10. The van der Waals surface area contributed by atoms with Crippen molar-refractivity contribution in [3.05, 3.63) is 71.9 Å². The van der Waals surface area contributed by atoms with Crippen molar-refractivity contribution in [2.45, 2.75) is 13.0 Å². The number of rotatable bonds is 4. The van der Waals surface area contributed by atoms with Crippen molar-refractivity contribution in [3.63, 3.8) is 0 Å². The minimum absolute atomic E-state index is 0.686. The molecule has 0 radical (unpaired) electrons. The third kappa shape index (κ3) is 2.40. The Morgan fingerprint density at radius 3 is 2.42 bits per heavy atom. The van der Waals surface area contributed by atoms with E-state index in [4.69, 9.17) is 5.73 Å². The summed E-state index contributed by atoms with van der Waals surface area (Å²) in [4.78, 5) is 0. The summed E-state index contributed by atoms with van der Waals surface area (Å²) in [6.45, 7) is 1.59. The summed E-state index contributed by atoms with van der Waals surface area (Å²) in [6, 6.07) is 21.3. The lowest BCUT2D eigenvalue weighted by molar-refractivity contribution is 0.759. The number of para-hydroxylation sites is 1. The summed E-state index contributed by atoms with van der Waals surface area (Å²) < 4.78 is 2.37. The predicted octanol–water partition coefficient (Wildman–Crippen LogP) is 3.19. The number of hydrogen-bond acceptors (Lipinski definition) is 1. The van der Waals surface area contributed by atoms with Gasteiger partial charge in [-0.3, -0.25) is 0 Å². The van der Waals surface area contributed by atoms with Gasteiger partial charge in [-0.05, 0) is 36.0 Å². The fourth-order valence-electron chi connectivity index (χ4n) is 2.58. The summed E-state index contributed by atoms with van der Waals surface area (Å²) >= 11 is 0. The third-order valence-corrected chi connectivity index (χ3v) is 3.48. The second kappa shape index (κ2) is 5.29. The van der Waals surface area contributed by atoms with Crippen LogP contribution in [0.1, 0.15) is 11.3 Å². The molecule has 2 N–H and O–H groups in total. The number of hydrogen-bond donors (Lipinski definition) is 1. The van der Waals surface area contributed by atoms with Crippen LogP contribution in [0.15, 0.2) is 60.7 Å². The molecule has 2 nitrogen and oxygen atoms in total. The molecule has 1 aromatic heterocycles. The SMILES string of the molecule is NCCc1cc2ccccc2n1Cc1ccccc1. The molecule has 2 heteroatoms. The Labute approximate surface area is 113 Å². The smallest absolute Gasteiger partial charge is 0.0485 e. The van der Waals surface area contributed by atoms with E-state index in [1.54, 1.807) is 0 Å². The number of nitrogens with two attached hydrogens (primary N) is 1. The Kier molecular flexibility index (Phi) is 3.34. The number of aromatic nitrogens is 1. The van der Waals surface area contributed by atoms with Gasteiger partial charge in [-0.2, -0.15) is 0 Å². The molecule has 0 aliphatic carbocycles. The molecule has 0 spiro atoms. The lowest BCUT2D eigenvalue weighted by atomic mass is 10.2. The van der Waals surface area contributed by atoms with Crippen LogP contribution in [0.3, 0.4) is 0 Å². The molecule has 0 amide bonds. The van der Waals surface area contributed by atoms with Gasteiger partial charge in [0.25, 0.3) is 0 Å². The second-order valence-electron chi connectivity index (χ2n) is 4.80. The Bertz CT molecular complexity index is 668. The van der Waals surface area contributed by atoms with Crippen LogP contribution in [0.5, 0.6) is 0 Å². The number of nitrogens with zero attached hydrogens (tertiary/aromatic N) is 1. The topological polar surface area (TPSA) is 30.9 Å². The van der Waals surface area contributed by atoms with Crippen LogP contribution in [0.4, 0.5) is 0 Å². The van der Waals surface area contributed by atoms with E-state index in [0.717, 1.165) is 13.0 Å². The average Bonchev–Trinajstić information content (AvgIpc) is 2.79. The monoisotopic (exact) mass is 250 g/mol. The highest BCUT2D eigenvalue weighted by Crippen LogP contribution is 2.21. The number of benzene rings is 2. The first-order chi connectivity index (χ1) is 9.38. The van der Waals surface area contributed by atoms with Gasteiger partial charge in [-0.25, -0.2) is 0 Å². The summed E-state index contributed by atoms with van der Waals surface area (Å²) in [5.74, 6) is 0. The average molecular weight is 250 g/mol. The molecule has 0 aliphatic rings. The van der Waals surface area contributed by atoms with E-state index in [0.29, 0.717) is 6.54 Å². The van der Waals surface area contributed by atoms with Crippen molar-refractivity contribution >= 4 is 10.9 Å². The highest BCUT2D eigenvalue weighted by atomic mass is 15.0. The Morgan fingerprint density at radius 2 is 1.63 bits per heavy atom. The molecule has 0 aliphatic heterocycles. The molecular formula is C17H18N2. The first kappa shape index (κ1) is 12.0. The molecule has 3 aromatic rings. The molecule has 1 heterocycles. The van der Waals surface area contributed by atoms with Gasteiger partial charge < -0.3 is 10.3 Å². The molecule has 0 saturated heterocycles. The van der Waals surface area contributed by atoms with Crippen LogP contribution in [-0.2, 0) is 13.0 Å². The number of fused-ring (bicyclic) bond motifs is 1. The van der Waals surface area contributed by atoms with Crippen molar-refractivity contribution in [3.8, 4) is 0 Å². The van der Waals surface area contributed by atoms with Crippen LogP contribution in [-0.4, -0.2) is 11.1 Å². The Balaban J connectivity index is 2.07.